The Hall–Kier alpha value is -2.79. The number of para-hydroxylation sites is 1. The van der Waals surface area contributed by atoms with Crippen molar-refractivity contribution in [1.82, 2.24) is 4.90 Å². The average molecular weight is 303 g/mol. The first-order chi connectivity index (χ1) is 9.95. The third-order valence-electron chi connectivity index (χ3n) is 2.63. The fourth-order valence-electron chi connectivity index (χ4n) is 1.67. The van der Waals surface area contributed by atoms with Gasteiger partial charge in [-0.1, -0.05) is 18.1 Å². The van der Waals surface area contributed by atoms with Crippen molar-refractivity contribution in [2.45, 2.75) is 0 Å². The zero-order valence-electron chi connectivity index (χ0n) is 10.4. The molecule has 7 nitrogen and oxygen atoms in total. The normalized spacial score (nSPS) is 16.3. The van der Waals surface area contributed by atoms with Gasteiger partial charge in [-0.25, -0.2) is 0 Å². The molecule has 0 aromatic heterocycles. The minimum absolute atomic E-state index is 0.00727. The van der Waals surface area contributed by atoms with Crippen molar-refractivity contribution >= 4 is 34.7 Å². The Morgan fingerprint density at radius 3 is 2.76 bits per heavy atom. The van der Waals surface area contributed by atoms with Crippen LogP contribution in [0.5, 0.6) is 5.75 Å². The lowest BCUT2D eigenvalue weighted by molar-refractivity contribution is -0.398. The van der Waals surface area contributed by atoms with Crippen LogP contribution in [0.3, 0.4) is 0 Å². The number of hydrogen-bond donors (Lipinski definition) is 0. The van der Waals surface area contributed by atoms with Gasteiger partial charge in [0.2, 0.25) is 0 Å². The minimum Gasteiger partial charge on any atom is -0.867 e. The second-order valence-electron chi connectivity index (χ2n) is 3.92. The number of thioether (sulfide) groups is 1. The predicted octanol–water partition coefficient (Wildman–Crippen LogP) is 1.34. The molecule has 1 heterocycles. The van der Waals surface area contributed by atoms with Crippen LogP contribution >= 0.6 is 11.8 Å². The first-order valence-electron chi connectivity index (χ1n) is 5.59. The number of carbonyl (C=O) groups excluding carboxylic acids is 2. The molecule has 0 unspecified atom stereocenters. The molecule has 0 atom stereocenters. The van der Waals surface area contributed by atoms with E-state index in [0.29, 0.717) is 11.8 Å². The summed E-state index contributed by atoms with van der Waals surface area (Å²) in [5.74, 6) is 0.753. The second-order valence-corrected chi connectivity index (χ2v) is 4.92. The van der Waals surface area contributed by atoms with Crippen LogP contribution in [0.2, 0.25) is 0 Å². The van der Waals surface area contributed by atoms with Crippen LogP contribution in [0.25, 0.3) is 6.08 Å². The number of benzene rings is 1. The Bertz CT molecular complexity index is 720. The highest BCUT2D eigenvalue weighted by atomic mass is 32.2. The molecule has 1 aliphatic heterocycles. The largest absolute Gasteiger partial charge is 0.867 e. The molecule has 1 aliphatic rings. The lowest BCUT2D eigenvalue weighted by Crippen LogP contribution is -2.28. The molecular weight excluding hydrogens is 296 g/mol. The van der Waals surface area contributed by atoms with Gasteiger partial charge in [0.05, 0.1) is 16.4 Å². The van der Waals surface area contributed by atoms with Crippen molar-refractivity contribution in [3.05, 3.63) is 38.8 Å². The van der Waals surface area contributed by atoms with Gasteiger partial charge in [0.1, 0.15) is 0 Å². The van der Waals surface area contributed by atoms with Gasteiger partial charge < -0.3 is 5.11 Å². The number of amides is 2. The number of hydrogen-bond acceptors (Lipinski definition) is 6. The van der Waals surface area contributed by atoms with Crippen molar-refractivity contribution in [2.24, 2.45) is 0 Å². The summed E-state index contributed by atoms with van der Waals surface area (Å²) in [4.78, 5) is 34.3. The molecule has 0 N–H and O–H groups in total. The molecule has 1 saturated heterocycles. The summed E-state index contributed by atoms with van der Waals surface area (Å²) in [6.45, 7) is -0.165. The average Bonchev–Trinajstić information content (AvgIpc) is 2.69. The van der Waals surface area contributed by atoms with E-state index in [1.165, 1.54) is 12.1 Å². The highest BCUT2D eigenvalue weighted by molar-refractivity contribution is 8.18. The fourth-order valence-corrected chi connectivity index (χ4v) is 2.50. The topological polar surface area (TPSA) is 104 Å². The number of nitro benzene ring substituents is 1. The summed E-state index contributed by atoms with van der Waals surface area (Å²) in [5, 5.41) is 22.0. The smallest absolute Gasteiger partial charge is 0.294 e. The molecule has 1 fully saturated rings. The van der Waals surface area contributed by atoms with Crippen LogP contribution in [0.1, 0.15) is 5.56 Å². The van der Waals surface area contributed by atoms with Gasteiger partial charge in [-0.15, -0.1) is 6.42 Å². The van der Waals surface area contributed by atoms with Crippen LogP contribution in [0.15, 0.2) is 23.1 Å². The van der Waals surface area contributed by atoms with Gasteiger partial charge in [0, 0.05) is 6.07 Å². The maximum Gasteiger partial charge on any atom is 0.294 e. The van der Waals surface area contributed by atoms with Crippen LogP contribution in [0.4, 0.5) is 10.5 Å². The molecule has 1 aromatic rings. The van der Waals surface area contributed by atoms with E-state index >= 15 is 0 Å². The van der Waals surface area contributed by atoms with E-state index in [1.807, 2.05) is 0 Å². The van der Waals surface area contributed by atoms with E-state index in [4.69, 9.17) is 6.42 Å². The van der Waals surface area contributed by atoms with Gasteiger partial charge in [0.15, 0.2) is 0 Å². The Morgan fingerprint density at radius 1 is 1.43 bits per heavy atom. The predicted molar refractivity (Wildman–Crippen MR) is 74.1 cm³/mol. The molecule has 0 bridgehead atoms. The molecule has 8 heteroatoms. The van der Waals surface area contributed by atoms with Crippen LogP contribution in [0, 0.1) is 22.5 Å². The molecule has 106 valence electrons. The highest BCUT2D eigenvalue weighted by Crippen LogP contribution is 2.35. The van der Waals surface area contributed by atoms with Gasteiger partial charge in [-0.2, -0.15) is 0 Å². The van der Waals surface area contributed by atoms with Crippen molar-refractivity contribution in [3.8, 4) is 18.1 Å². The quantitative estimate of drug-likeness (QED) is 0.361. The van der Waals surface area contributed by atoms with Crippen LogP contribution in [-0.2, 0) is 4.79 Å². The van der Waals surface area contributed by atoms with E-state index in [0.717, 1.165) is 17.0 Å². The first-order valence-corrected chi connectivity index (χ1v) is 6.40. The molecule has 0 saturated carbocycles. The summed E-state index contributed by atoms with van der Waals surface area (Å²) in [6.07, 6.45) is 6.22. The summed E-state index contributed by atoms with van der Waals surface area (Å²) in [7, 11) is 0. The summed E-state index contributed by atoms with van der Waals surface area (Å²) >= 11 is 0.634. The number of nitro groups is 1. The van der Waals surface area contributed by atoms with E-state index in [-0.39, 0.29) is 17.0 Å². The Balaban J connectivity index is 2.40. The number of terminal acetylenes is 1. The van der Waals surface area contributed by atoms with Gasteiger partial charge >= 0.3 is 0 Å². The van der Waals surface area contributed by atoms with Crippen molar-refractivity contribution < 1.29 is 19.6 Å². The zero-order valence-corrected chi connectivity index (χ0v) is 11.3. The van der Waals surface area contributed by atoms with E-state index in [1.54, 1.807) is 0 Å². The van der Waals surface area contributed by atoms with Gasteiger partial charge in [-0.05, 0) is 29.2 Å². The van der Waals surface area contributed by atoms with E-state index in [2.05, 4.69) is 5.92 Å². The molecule has 2 rings (SSSR count). The van der Waals surface area contributed by atoms with Gasteiger partial charge in [0.25, 0.3) is 16.8 Å². The van der Waals surface area contributed by atoms with E-state index < -0.39 is 27.5 Å². The van der Waals surface area contributed by atoms with Crippen LogP contribution in [-0.4, -0.2) is 27.5 Å². The number of nitrogens with zero attached hydrogens (tertiary/aromatic N) is 2. The third kappa shape index (κ3) is 2.73. The van der Waals surface area contributed by atoms with Crippen molar-refractivity contribution in [2.75, 3.05) is 6.54 Å². The maximum atomic E-state index is 11.9. The van der Waals surface area contributed by atoms with Gasteiger partial charge in [-0.3, -0.25) is 24.6 Å². The third-order valence-corrected chi connectivity index (χ3v) is 3.54. The Kier molecular flexibility index (Phi) is 3.95. The lowest BCUT2D eigenvalue weighted by Gasteiger charge is -2.10. The first kappa shape index (κ1) is 14.6. The monoisotopic (exact) mass is 303 g/mol. The number of carbonyl (C=O) groups is 2. The SMILES string of the molecule is C#CCN1C(=O)S/C(=C\c2cccc([N+](=O)[O-])c2[O-])C1=O. The number of rotatable bonds is 3. The molecule has 0 spiro atoms. The minimum atomic E-state index is -0.814. The fraction of sp³-hybridized carbons (Fsp3) is 0.0769. The van der Waals surface area contributed by atoms with Crippen LogP contribution < -0.4 is 5.11 Å². The Labute approximate surface area is 123 Å². The number of imide groups is 1. The highest BCUT2D eigenvalue weighted by Gasteiger charge is 2.34. The summed E-state index contributed by atoms with van der Waals surface area (Å²) < 4.78 is 0. The second kappa shape index (κ2) is 5.68. The lowest BCUT2D eigenvalue weighted by atomic mass is 10.1. The molecule has 0 aliphatic carbocycles. The Morgan fingerprint density at radius 2 is 2.14 bits per heavy atom. The summed E-state index contributed by atoms with van der Waals surface area (Å²) in [6, 6.07) is 3.74. The molecule has 2 amide bonds. The standard InChI is InChI=1S/C13H8N2O5S/c1-2-6-14-12(17)10(21-13(14)18)7-8-4-3-5-9(11(8)16)15(19)20/h1,3-5,7,16H,6H2/p-1/b10-7-. The zero-order chi connectivity index (χ0) is 15.6. The summed E-state index contributed by atoms with van der Waals surface area (Å²) in [5.41, 5.74) is -0.623. The van der Waals surface area contributed by atoms with E-state index in [9.17, 15) is 24.8 Å². The van der Waals surface area contributed by atoms with Crippen molar-refractivity contribution in [3.63, 3.8) is 0 Å². The molecule has 1 aromatic carbocycles. The molecule has 21 heavy (non-hydrogen) atoms. The maximum absolute atomic E-state index is 11.9. The molecular formula is C13H7N2O5S-. The van der Waals surface area contributed by atoms with Crippen molar-refractivity contribution in [1.29, 1.82) is 0 Å². The molecule has 0 radical (unpaired) electrons.